The van der Waals surface area contributed by atoms with Crippen molar-refractivity contribution in [3.8, 4) is 0 Å². The third kappa shape index (κ3) is 2.97. The summed E-state index contributed by atoms with van der Waals surface area (Å²) in [7, 11) is 0. The van der Waals surface area contributed by atoms with E-state index in [-0.39, 0.29) is 5.41 Å². The van der Waals surface area contributed by atoms with Gasteiger partial charge in [-0.1, -0.05) is 44.2 Å². The van der Waals surface area contributed by atoms with Crippen molar-refractivity contribution in [3.05, 3.63) is 48.3 Å². The Hall–Kier alpha value is -2.10. The summed E-state index contributed by atoms with van der Waals surface area (Å²) in [4.78, 5) is 8.18. The van der Waals surface area contributed by atoms with Crippen LogP contribution in [0, 0.1) is 0 Å². The molecule has 18 heavy (non-hydrogen) atoms. The molecule has 94 valence electrons. The highest BCUT2D eigenvalue weighted by molar-refractivity contribution is 5.39. The van der Waals surface area contributed by atoms with Gasteiger partial charge in [-0.05, 0) is 5.56 Å². The van der Waals surface area contributed by atoms with Crippen molar-refractivity contribution in [1.82, 2.24) is 9.97 Å². The molecule has 2 aromatic rings. The van der Waals surface area contributed by atoms with Gasteiger partial charge in [-0.15, -0.1) is 0 Å². The number of nitrogens with one attached hydrogen (secondary N) is 1. The van der Waals surface area contributed by atoms with Gasteiger partial charge in [0.05, 0.1) is 12.4 Å². The first-order valence-corrected chi connectivity index (χ1v) is 5.95. The number of nitrogens with two attached hydrogens (primary N) is 1. The predicted octanol–water partition coefficient (Wildman–Crippen LogP) is 2.45. The molecule has 0 radical (unpaired) electrons. The molecule has 0 saturated carbocycles. The number of hydrogen-bond acceptors (Lipinski definition) is 4. The maximum Gasteiger partial charge on any atom is 0.146 e. The minimum Gasteiger partial charge on any atom is -0.382 e. The van der Waals surface area contributed by atoms with Crippen LogP contribution in [0.3, 0.4) is 0 Å². The lowest BCUT2D eigenvalue weighted by Gasteiger charge is -2.25. The average Bonchev–Trinajstić information content (AvgIpc) is 2.38. The first kappa shape index (κ1) is 12.4. The summed E-state index contributed by atoms with van der Waals surface area (Å²) in [6, 6.07) is 10.4. The van der Waals surface area contributed by atoms with E-state index >= 15 is 0 Å². The lowest BCUT2D eigenvalue weighted by Crippen LogP contribution is -2.27. The van der Waals surface area contributed by atoms with Crippen molar-refractivity contribution in [2.45, 2.75) is 19.3 Å². The van der Waals surface area contributed by atoms with Gasteiger partial charge in [-0.2, -0.15) is 0 Å². The van der Waals surface area contributed by atoms with Crippen LogP contribution >= 0.6 is 0 Å². The maximum absolute atomic E-state index is 5.60. The summed E-state index contributed by atoms with van der Waals surface area (Å²) in [6.07, 6.45) is 3.21. The summed E-state index contributed by atoms with van der Waals surface area (Å²) < 4.78 is 0. The number of nitrogen functional groups attached to an aromatic ring is 1. The van der Waals surface area contributed by atoms with Crippen LogP contribution < -0.4 is 11.1 Å². The molecule has 4 nitrogen and oxygen atoms in total. The zero-order valence-electron chi connectivity index (χ0n) is 10.7. The summed E-state index contributed by atoms with van der Waals surface area (Å²) in [6.45, 7) is 5.15. The lowest BCUT2D eigenvalue weighted by molar-refractivity contribution is 0.556. The number of anilines is 2. The highest BCUT2D eigenvalue weighted by Gasteiger charge is 2.20. The van der Waals surface area contributed by atoms with Crippen molar-refractivity contribution in [1.29, 1.82) is 0 Å². The molecule has 1 aromatic heterocycles. The van der Waals surface area contributed by atoms with E-state index in [4.69, 9.17) is 5.73 Å². The van der Waals surface area contributed by atoms with Gasteiger partial charge in [0.25, 0.3) is 0 Å². The van der Waals surface area contributed by atoms with E-state index in [1.165, 1.54) is 11.8 Å². The van der Waals surface area contributed by atoms with Crippen molar-refractivity contribution < 1.29 is 0 Å². The molecular weight excluding hydrogens is 224 g/mol. The van der Waals surface area contributed by atoms with Gasteiger partial charge < -0.3 is 11.1 Å². The fourth-order valence-corrected chi connectivity index (χ4v) is 1.77. The molecule has 0 aliphatic heterocycles. The second-order valence-electron chi connectivity index (χ2n) is 4.93. The second-order valence-corrected chi connectivity index (χ2v) is 4.93. The molecule has 0 unspecified atom stereocenters. The molecule has 0 aliphatic carbocycles. The highest BCUT2D eigenvalue weighted by atomic mass is 15.0. The molecule has 0 atom stereocenters. The number of aromatic nitrogens is 2. The monoisotopic (exact) mass is 242 g/mol. The fourth-order valence-electron chi connectivity index (χ4n) is 1.77. The van der Waals surface area contributed by atoms with Gasteiger partial charge in [-0.3, -0.25) is 4.98 Å². The van der Waals surface area contributed by atoms with E-state index < -0.39 is 0 Å². The van der Waals surface area contributed by atoms with Gasteiger partial charge in [0, 0.05) is 12.0 Å². The van der Waals surface area contributed by atoms with Crippen molar-refractivity contribution in [2.24, 2.45) is 0 Å². The van der Waals surface area contributed by atoms with Gasteiger partial charge in [0.1, 0.15) is 11.6 Å². The lowest BCUT2D eigenvalue weighted by atomic mass is 9.85. The Morgan fingerprint density at radius 2 is 1.89 bits per heavy atom. The van der Waals surface area contributed by atoms with Gasteiger partial charge in [0.15, 0.2) is 0 Å². The van der Waals surface area contributed by atoms with Crippen LogP contribution in [0.15, 0.2) is 42.7 Å². The van der Waals surface area contributed by atoms with Crippen LogP contribution in [0.5, 0.6) is 0 Å². The van der Waals surface area contributed by atoms with E-state index in [9.17, 15) is 0 Å². The van der Waals surface area contributed by atoms with Crippen LogP contribution in [0.4, 0.5) is 11.6 Å². The smallest absolute Gasteiger partial charge is 0.146 e. The molecule has 0 spiro atoms. The number of rotatable bonds is 4. The molecule has 3 N–H and O–H groups in total. The number of hydrogen-bond donors (Lipinski definition) is 2. The minimum absolute atomic E-state index is 0.0214. The molecule has 0 amide bonds. The van der Waals surface area contributed by atoms with Crippen molar-refractivity contribution in [2.75, 3.05) is 17.6 Å². The topological polar surface area (TPSA) is 63.8 Å². The first-order chi connectivity index (χ1) is 8.58. The van der Waals surface area contributed by atoms with E-state index in [0.717, 1.165) is 6.54 Å². The van der Waals surface area contributed by atoms with Gasteiger partial charge in [0.2, 0.25) is 0 Å². The molecule has 0 saturated heterocycles. The average molecular weight is 242 g/mol. The summed E-state index contributed by atoms with van der Waals surface area (Å²) in [5.41, 5.74) is 6.90. The summed E-state index contributed by atoms with van der Waals surface area (Å²) in [5.74, 6) is 1.14. The van der Waals surface area contributed by atoms with Crippen LogP contribution in [0.1, 0.15) is 19.4 Å². The molecule has 4 heteroatoms. The minimum atomic E-state index is 0.0214. The molecule has 0 aliphatic rings. The Bertz CT molecular complexity index is 508. The molecule has 0 bridgehead atoms. The Morgan fingerprint density at radius 3 is 2.56 bits per heavy atom. The van der Waals surface area contributed by atoms with E-state index in [1.54, 1.807) is 6.20 Å². The van der Waals surface area contributed by atoms with E-state index in [2.05, 4.69) is 53.4 Å². The largest absolute Gasteiger partial charge is 0.382 e. The fraction of sp³-hybridized carbons (Fsp3) is 0.286. The Morgan fingerprint density at radius 1 is 1.17 bits per heavy atom. The number of nitrogens with zero attached hydrogens (tertiary/aromatic N) is 2. The van der Waals surface area contributed by atoms with E-state index in [0.29, 0.717) is 11.6 Å². The molecule has 2 rings (SSSR count). The molecular formula is C14H18N4. The van der Waals surface area contributed by atoms with Crippen LogP contribution in [-0.4, -0.2) is 16.5 Å². The summed E-state index contributed by atoms with van der Waals surface area (Å²) in [5, 5.41) is 3.27. The Kier molecular flexibility index (Phi) is 3.46. The Labute approximate surface area is 107 Å². The van der Waals surface area contributed by atoms with Crippen LogP contribution in [-0.2, 0) is 5.41 Å². The summed E-state index contributed by atoms with van der Waals surface area (Å²) >= 11 is 0. The number of benzene rings is 1. The maximum atomic E-state index is 5.60. The third-order valence-corrected chi connectivity index (χ3v) is 2.92. The standard InChI is InChI=1S/C14H18N4/c1-14(2,11-6-4-3-5-7-11)10-17-13-9-16-8-12(15)18-13/h3-9H,10H2,1-2H3,(H3,15,17,18). The zero-order chi connectivity index (χ0) is 13.0. The Balaban J connectivity index is 2.05. The highest BCUT2D eigenvalue weighted by Crippen LogP contribution is 2.23. The molecule has 1 aromatic carbocycles. The zero-order valence-corrected chi connectivity index (χ0v) is 10.7. The molecule has 1 heterocycles. The normalized spacial score (nSPS) is 11.2. The van der Waals surface area contributed by atoms with Crippen molar-refractivity contribution >= 4 is 11.6 Å². The quantitative estimate of drug-likeness (QED) is 0.864. The van der Waals surface area contributed by atoms with Crippen LogP contribution in [0.2, 0.25) is 0 Å². The van der Waals surface area contributed by atoms with Gasteiger partial charge in [-0.25, -0.2) is 4.98 Å². The SMILES string of the molecule is CC(C)(CNc1cncc(N)n1)c1ccccc1. The predicted molar refractivity (Wildman–Crippen MR) is 74.4 cm³/mol. The van der Waals surface area contributed by atoms with Gasteiger partial charge >= 0.3 is 0 Å². The molecule has 0 fully saturated rings. The van der Waals surface area contributed by atoms with E-state index in [1.807, 2.05) is 6.07 Å². The second kappa shape index (κ2) is 5.04. The third-order valence-electron chi connectivity index (χ3n) is 2.92. The van der Waals surface area contributed by atoms with Crippen molar-refractivity contribution in [3.63, 3.8) is 0 Å². The van der Waals surface area contributed by atoms with Crippen LogP contribution in [0.25, 0.3) is 0 Å². The first-order valence-electron chi connectivity index (χ1n) is 5.95.